The summed E-state index contributed by atoms with van der Waals surface area (Å²) in [6, 6.07) is 7.02. The molecule has 1 heterocycles. The fraction of sp³-hybridized carbons (Fsp3) is 0.267. The summed E-state index contributed by atoms with van der Waals surface area (Å²) in [6.45, 7) is 3.97. The number of hydrogen-bond acceptors (Lipinski definition) is 4. The van der Waals surface area contributed by atoms with Crippen LogP contribution in [0.25, 0.3) is 11.4 Å². The summed E-state index contributed by atoms with van der Waals surface area (Å²) >= 11 is 5.85. The lowest BCUT2D eigenvalue weighted by Gasteiger charge is -2.11. The third-order valence-corrected chi connectivity index (χ3v) is 3.07. The van der Waals surface area contributed by atoms with Gasteiger partial charge in [-0.1, -0.05) is 18.5 Å². The summed E-state index contributed by atoms with van der Waals surface area (Å²) in [6.07, 6.45) is 0.762. The van der Waals surface area contributed by atoms with Gasteiger partial charge in [0, 0.05) is 10.6 Å². The number of aryl methyl sites for hydroxylation is 1. The molecule has 0 amide bonds. The van der Waals surface area contributed by atoms with Crippen LogP contribution in [0, 0.1) is 6.92 Å². The fourth-order valence-corrected chi connectivity index (χ4v) is 1.95. The largest absolute Gasteiger partial charge is 0.477 e. The second-order valence-corrected chi connectivity index (χ2v) is 4.91. The Hall–Kier alpha value is -2.14. The summed E-state index contributed by atoms with van der Waals surface area (Å²) in [7, 11) is 0. The van der Waals surface area contributed by atoms with Crippen molar-refractivity contribution < 1.29 is 14.6 Å². The zero-order valence-electron chi connectivity index (χ0n) is 11.8. The average molecular weight is 307 g/mol. The third kappa shape index (κ3) is 3.49. The lowest BCUT2D eigenvalue weighted by molar-refractivity contribution is 0.0689. The van der Waals surface area contributed by atoms with Gasteiger partial charge in [-0.05, 0) is 37.6 Å². The van der Waals surface area contributed by atoms with Crippen LogP contribution in [0.1, 0.15) is 29.4 Å². The Kier molecular flexibility index (Phi) is 4.75. The SMILES string of the molecule is CCCOc1nc(-c2ccc(Cl)cc2)nc(C)c1C(=O)O. The van der Waals surface area contributed by atoms with E-state index in [-0.39, 0.29) is 11.4 Å². The molecule has 0 unspecified atom stereocenters. The van der Waals surface area contributed by atoms with Gasteiger partial charge in [-0.2, -0.15) is 4.98 Å². The number of rotatable bonds is 5. The number of nitrogens with zero attached hydrogens (tertiary/aromatic N) is 2. The van der Waals surface area contributed by atoms with E-state index in [2.05, 4.69) is 9.97 Å². The molecule has 0 fully saturated rings. The average Bonchev–Trinajstić information content (AvgIpc) is 2.44. The van der Waals surface area contributed by atoms with Gasteiger partial charge in [0.15, 0.2) is 5.82 Å². The smallest absolute Gasteiger partial charge is 0.343 e. The number of benzene rings is 1. The zero-order chi connectivity index (χ0) is 15.4. The van der Waals surface area contributed by atoms with Gasteiger partial charge in [-0.25, -0.2) is 9.78 Å². The van der Waals surface area contributed by atoms with Gasteiger partial charge in [0.1, 0.15) is 5.56 Å². The van der Waals surface area contributed by atoms with Crippen molar-refractivity contribution in [2.45, 2.75) is 20.3 Å². The molecule has 110 valence electrons. The molecule has 1 aromatic carbocycles. The Labute approximate surface area is 127 Å². The number of ether oxygens (including phenoxy) is 1. The fourth-order valence-electron chi connectivity index (χ4n) is 1.82. The number of carboxylic acids is 1. The van der Waals surface area contributed by atoms with E-state index in [1.54, 1.807) is 31.2 Å². The van der Waals surface area contributed by atoms with Crippen LogP contribution < -0.4 is 4.74 Å². The maximum absolute atomic E-state index is 11.3. The molecule has 0 aliphatic rings. The maximum atomic E-state index is 11.3. The van der Waals surface area contributed by atoms with Crippen LogP contribution in [0.5, 0.6) is 5.88 Å². The maximum Gasteiger partial charge on any atom is 0.343 e. The predicted octanol–water partition coefficient (Wildman–Crippen LogP) is 3.59. The van der Waals surface area contributed by atoms with Crippen molar-refractivity contribution in [3.63, 3.8) is 0 Å². The van der Waals surface area contributed by atoms with Crippen LogP contribution >= 0.6 is 11.6 Å². The normalized spacial score (nSPS) is 10.4. The number of carbonyl (C=O) groups is 1. The molecule has 0 atom stereocenters. The molecule has 0 saturated carbocycles. The summed E-state index contributed by atoms with van der Waals surface area (Å²) in [5, 5.41) is 9.88. The Morgan fingerprint density at radius 2 is 1.95 bits per heavy atom. The standard InChI is InChI=1S/C15H15ClN2O3/c1-3-8-21-14-12(15(19)20)9(2)17-13(18-14)10-4-6-11(16)7-5-10/h4-7H,3,8H2,1-2H3,(H,19,20). The van der Waals surface area contributed by atoms with Crippen molar-refractivity contribution >= 4 is 17.6 Å². The number of halogens is 1. The highest BCUT2D eigenvalue weighted by Crippen LogP contribution is 2.25. The number of aromatic nitrogens is 2. The van der Waals surface area contributed by atoms with Crippen LogP contribution in [0.4, 0.5) is 0 Å². The van der Waals surface area contributed by atoms with Gasteiger partial charge in [0.2, 0.25) is 5.88 Å². The molecule has 0 saturated heterocycles. The van der Waals surface area contributed by atoms with Crippen molar-refractivity contribution in [3.05, 3.63) is 40.5 Å². The molecular formula is C15H15ClN2O3. The van der Waals surface area contributed by atoms with E-state index in [0.717, 1.165) is 12.0 Å². The molecule has 1 N–H and O–H groups in total. The predicted molar refractivity (Wildman–Crippen MR) is 80.0 cm³/mol. The van der Waals surface area contributed by atoms with Gasteiger partial charge in [-0.15, -0.1) is 0 Å². The number of hydrogen-bond donors (Lipinski definition) is 1. The highest BCUT2D eigenvalue weighted by Gasteiger charge is 2.19. The van der Waals surface area contributed by atoms with Crippen LogP contribution in [0.2, 0.25) is 5.02 Å². The van der Waals surface area contributed by atoms with Crippen molar-refractivity contribution in [2.75, 3.05) is 6.61 Å². The van der Waals surface area contributed by atoms with Gasteiger partial charge >= 0.3 is 5.97 Å². The van der Waals surface area contributed by atoms with Crippen molar-refractivity contribution in [1.29, 1.82) is 0 Å². The van der Waals surface area contributed by atoms with Crippen LogP contribution in [0.15, 0.2) is 24.3 Å². The molecule has 2 rings (SSSR count). The van der Waals surface area contributed by atoms with Crippen molar-refractivity contribution in [3.8, 4) is 17.3 Å². The molecule has 5 nitrogen and oxygen atoms in total. The van der Waals surface area contributed by atoms with Crippen LogP contribution in [-0.2, 0) is 0 Å². The minimum Gasteiger partial charge on any atom is -0.477 e. The molecular weight excluding hydrogens is 292 g/mol. The summed E-state index contributed by atoms with van der Waals surface area (Å²) in [5.41, 5.74) is 1.12. The van der Waals surface area contributed by atoms with Gasteiger partial charge in [0.05, 0.1) is 12.3 Å². The van der Waals surface area contributed by atoms with E-state index in [1.165, 1.54) is 0 Å². The second kappa shape index (κ2) is 6.54. The summed E-state index contributed by atoms with van der Waals surface area (Å²) < 4.78 is 5.46. The molecule has 0 aliphatic carbocycles. The Morgan fingerprint density at radius 1 is 1.29 bits per heavy atom. The van der Waals surface area contributed by atoms with Crippen LogP contribution in [-0.4, -0.2) is 27.7 Å². The quantitative estimate of drug-likeness (QED) is 0.914. The first-order valence-electron chi connectivity index (χ1n) is 6.53. The second-order valence-electron chi connectivity index (χ2n) is 4.47. The lowest BCUT2D eigenvalue weighted by atomic mass is 10.2. The Bertz CT molecular complexity index is 657. The van der Waals surface area contributed by atoms with Crippen LogP contribution in [0.3, 0.4) is 0 Å². The van der Waals surface area contributed by atoms with Crippen molar-refractivity contribution in [2.24, 2.45) is 0 Å². The van der Waals surface area contributed by atoms with E-state index in [1.807, 2.05) is 6.92 Å². The molecule has 2 aromatic rings. The number of carboxylic acid groups (broad SMARTS) is 1. The Morgan fingerprint density at radius 3 is 2.52 bits per heavy atom. The highest BCUT2D eigenvalue weighted by atomic mass is 35.5. The van der Waals surface area contributed by atoms with Gasteiger partial charge < -0.3 is 9.84 Å². The topological polar surface area (TPSA) is 72.3 Å². The molecule has 1 aromatic heterocycles. The molecule has 6 heteroatoms. The third-order valence-electron chi connectivity index (χ3n) is 2.82. The van der Waals surface area contributed by atoms with E-state index < -0.39 is 5.97 Å². The number of aromatic carboxylic acids is 1. The van der Waals surface area contributed by atoms with E-state index in [9.17, 15) is 9.90 Å². The molecule has 21 heavy (non-hydrogen) atoms. The first kappa shape index (κ1) is 15.3. The monoisotopic (exact) mass is 306 g/mol. The van der Waals surface area contributed by atoms with E-state index in [0.29, 0.717) is 23.1 Å². The van der Waals surface area contributed by atoms with E-state index >= 15 is 0 Å². The zero-order valence-corrected chi connectivity index (χ0v) is 12.5. The summed E-state index contributed by atoms with van der Waals surface area (Å²) in [5.74, 6) is -0.580. The Balaban J connectivity index is 2.51. The lowest BCUT2D eigenvalue weighted by Crippen LogP contribution is -2.10. The minimum absolute atomic E-state index is 0.00108. The molecule has 0 aliphatic heterocycles. The van der Waals surface area contributed by atoms with Gasteiger partial charge in [-0.3, -0.25) is 0 Å². The minimum atomic E-state index is -1.10. The van der Waals surface area contributed by atoms with E-state index in [4.69, 9.17) is 16.3 Å². The first-order valence-corrected chi connectivity index (χ1v) is 6.91. The molecule has 0 bridgehead atoms. The molecule has 0 radical (unpaired) electrons. The van der Waals surface area contributed by atoms with Gasteiger partial charge in [0.25, 0.3) is 0 Å². The summed E-state index contributed by atoms with van der Waals surface area (Å²) in [4.78, 5) is 19.8. The highest BCUT2D eigenvalue weighted by molar-refractivity contribution is 6.30. The molecule has 0 spiro atoms. The van der Waals surface area contributed by atoms with Crippen molar-refractivity contribution in [1.82, 2.24) is 9.97 Å². The first-order chi connectivity index (χ1) is 10.0.